The minimum absolute atomic E-state index is 0.138. The largest absolute Gasteiger partial charge is 0.493 e. The zero-order valence-corrected chi connectivity index (χ0v) is 15.3. The highest BCUT2D eigenvalue weighted by Gasteiger charge is 2.37. The van der Waals surface area contributed by atoms with E-state index in [1.807, 2.05) is 0 Å². The van der Waals surface area contributed by atoms with E-state index in [0.717, 1.165) is 0 Å². The first-order valence-electron chi connectivity index (χ1n) is 8.02. The molecule has 1 aliphatic rings. The Morgan fingerprint density at radius 3 is 2.46 bits per heavy atom. The lowest BCUT2D eigenvalue weighted by Crippen LogP contribution is -2.54. The predicted molar refractivity (Wildman–Crippen MR) is 93.3 cm³/mol. The summed E-state index contributed by atoms with van der Waals surface area (Å²) in [6, 6.07) is 10.6. The van der Waals surface area contributed by atoms with E-state index in [2.05, 4.69) is 0 Å². The first kappa shape index (κ1) is 18.6. The Hall–Kier alpha value is -2.16. The van der Waals surface area contributed by atoms with Crippen molar-refractivity contribution < 1.29 is 27.0 Å². The van der Waals surface area contributed by atoms with Crippen LogP contribution in [0.5, 0.6) is 11.5 Å². The molecule has 2 aromatic carbocycles. The van der Waals surface area contributed by atoms with Gasteiger partial charge < -0.3 is 14.2 Å². The normalized spacial score (nSPS) is 15.5. The van der Waals surface area contributed by atoms with Gasteiger partial charge in [0.2, 0.25) is 10.0 Å². The van der Waals surface area contributed by atoms with Crippen LogP contribution in [0.4, 0.5) is 4.39 Å². The number of halogens is 1. The standard InChI is InChI=1S/C18H20FNO5S/c1-23-17-7-6-16(9-18(17)24-2)26(21,22)20-10-15(11-20)25-12-13-4-3-5-14(19)8-13/h3-9,15H,10-12H2,1-2H3. The molecule has 2 aromatic rings. The molecule has 26 heavy (non-hydrogen) atoms. The van der Waals surface area contributed by atoms with Crippen molar-refractivity contribution >= 4 is 10.0 Å². The van der Waals surface area contributed by atoms with E-state index in [9.17, 15) is 12.8 Å². The van der Waals surface area contributed by atoms with Crippen LogP contribution in [0.1, 0.15) is 5.56 Å². The highest BCUT2D eigenvalue weighted by atomic mass is 32.2. The smallest absolute Gasteiger partial charge is 0.243 e. The van der Waals surface area contributed by atoms with Crippen LogP contribution in [0.3, 0.4) is 0 Å². The average Bonchev–Trinajstić information content (AvgIpc) is 2.59. The van der Waals surface area contributed by atoms with Crippen LogP contribution in [-0.4, -0.2) is 46.1 Å². The molecule has 0 unspecified atom stereocenters. The summed E-state index contributed by atoms with van der Waals surface area (Å²) in [6.07, 6.45) is -0.215. The van der Waals surface area contributed by atoms with Crippen molar-refractivity contribution in [3.63, 3.8) is 0 Å². The fourth-order valence-electron chi connectivity index (χ4n) is 2.67. The Bertz CT molecular complexity index is 881. The topological polar surface area (TPSA) is 65.1 Å². The minimum atomic E-state index is -3.62. The fourth-order valence-corrected chi connectivity index (χ4v) is 4.19. The number of rotatable bonds is 7. The molecule has 1 heterocycles. The maximum absolute atomic E-state index is 13.1. The Labute approximate surface area is 152 Å². The van der Waals surface area contributed by atoms with Gasteiger partial charge in [-0.15, -0.1) is 0 Å². The second kappa shape index (κ2) is 7.61. The molecule has 0 N–H and O–H groups in total. The van der Waals surface area contributed by atoms with E-state index >= 15 is 0 Å². The Kier molecular flexibility index (Phi) is 5.45. The zero-order valence-electron chi connectivity index (χ0n) is 14.5. The molecule has 0 bridgehead atoms. The Morgan fingerprint density at radius 2 is 1.81 bits per heavy atom. The lowest BCUT2D eigenvalue weighted by Gasteiger charge is -2.37. The molecule has 0 atom stereocenters. The molecule has 0 aromatic heterocycles. The molecule has 0 radical (unpaired) electrons. The summed E-state index contributed by atoms with van der Waals surface area (Å²) in [6.45, 7) is 0.755. The summed E-state index contributed by atoms with van der Waals surface area (Å²) in [7, 11) is -0.684. The van der Waals surface area contributed by atoms with Crippen LogP contribution >= 0.6 is 0 Å². The number of ether oxygens (including phenoxy) is 3. The molecule has 1 aliphatic heterocycles. The molecule has 1 saturated heterocycles. The molecule has 6 nitrogen and oxygen atoms in total. The SMILES string of the molecule is COc1ccc(S(=O)(=O)N2CC(OCc3cccc(F)c3)C2)cc1OC. The van der Waals surface area contributed by atoms with Crippen LogP contribution in [0.25, 0.3) is 0 Å². The summed E-state index contributed by atoms with van der Waals surface area (Å²) >= 11 is 0. The zero-order chi connectivity index (χ0) is 18.7. The van der Waals surface area contributed by atoms with Gasteiger partial charge in [-0.2, -0.15) is 4.31 Å². The summed E-state index contributed by atoms with van der Waals surface area (Å²) in [4.78, 5) is 0.138. The number of benzene rings is 2. The second-order valence-corrected chi connectivity index (χ2v) is 7.84. The summed E-state index contributed by atoms with van der Waals surface area (Å²) in [5.41, 5.74) is 0.714. The lowest BCUT2D eigenvalue weighted by atomic mass is 10.2. The Morgan fingerprint density at radius 1 is 1.08 bits per heavy atom. The van der Waals surface area contributed by atoms with Crippen LogP contribution < -0.4 is 9.47 Å². The first-order chi connectivity index (χ1) is 12.4. The van der Waals surface area contributed by atoms with Gasteiger partial charge in [0.25, 0.3) is 0 Å². The van der Waals surface area contributed by atoms with Crippen molar-refractivity contribution in [2.75, 3.05) is 27.3 Å². The molecule has 3 rings (SSSR count). The van der Waals surface area contributed by atoms with Crippen LogP contribution in [0.15, 0.2) is 47.4 Å². The molecule has 140 valence electrons. The van der Waals surface area contributed by atoms with Crippen molar-refractivity contribution in [2.24, 2.45) is 0 Å². The van der Waals surface area contributed by atoms with Crippen LogP contribution in [0.2, 0.25) is 0 Å². The second-order valence-electron chi connectivity index (χ2n) is 5.90. The molecule has 0 saturated carbocycles. The van der Waals surface area contributed by atoms with Crippen LogP contribution in [-0.2, 0) is 21.4 Å². The van der Waals surface area contributed by atoms with Gasteiger partial charge in [0.15, 0.2) is 11.5 Å². The van der Waals surface area contributed by atoms with Gasteiger partial charge in [0.1, 0.15) is 5.82 Å². The first-order valence-corrected chi connectivity index (χ1v) is 9.46. The fraction of sp³-hybridized carbons (Fsp3) is 0.333. The van der Waals surface area contributed by atoms with Gasteiger partial charge >= 0.3 is 0 Å². The van der Waals surface area contributed by atoms with Crippen molar-refractivity contribution in [1.29, 1.82) is 0 Å². The van der Waals surface area contributed by atoms with Crippen molar-refractivity contribution in [3.05, 3.63) is 53.8 Å². The molecule has 0 spiro atoms. The highest BCUT2D eigenvalue weighted by molar-refractivity contribution is 7.89. The monoisotopic (exact) mass is 381 g/mol. The van der Waals surface area contributed by atoms with E-state index < -0.39 is 10.0 Å². The van der Waals surface area contributed by atoms with Gasteiger partial charge in [-0.25, -0.2) is 12.8 Å². The van der Waals surface area contributed by atoms with E-state index in [1.54, 1.807) is 18.2 Å². The van der Waals surface area contributed by atoms with Crippen LogP contribution in [0, 0.1) is 5.82 Å². The van der Waals surface area contributed by atoms with Gasteiger partial charge in [-0.05, 0) is 29.8 Å². The Balaban J connectivity index is 1.60. The third-order valence-corrected chi connectivity index (χ3v) is 6.01. The summed E-state index contributed by atoms with van der Waals surface area (Å²) < 4.78 is 55.8. The third kappa shape index (κ3) is 3.82. The molecule has 0 aliphatic carbocycles. The van der Waals surface area contributed by atoms with Gasteiger partial charge in [-0.1, -0.05) is 12.1 Å². The number of nitrogens with zero attached hydrogens (tertiary/aromatic N) is 1. The molecule has 1 fully saturated rings. The summed E-state index contributed by atoms with van der Waals surface area (Å²) in [5, 5.41) is 0. The third-order valence-electron chi connectivity index (χ3n) is 4.18. The number of sulfonamides is 1. The summed E-state index contributed by atoms with van der Waals surface area (Å²) in [5.74, 6) is 0.497. The van der Waals surface area contributed by atoms with E-state index in [4.69, 9.17) is 14.2 Å². The van der Waals surface area contributed by atoms with Gasteiger partial charge in [0.05, 0.1) is 31.8 Å². The lowest BCUT2D eigenvalue weighted by molar-refractivity contribution is -0.0296. The quantitative estimate of drug-likeness (QED) is 0.737. The van der Waals surface area contributed by atoms with Gasteiger partial charge in [0, 0.05) is 19.2 Å². The van der Waals surface area contributed by atoms with Crippen molar-refractivity contribution in [2.45, 2.75) is 17.6 Å². The molecule has 0 amide bonds. The number of hydrogen-bond acceptors (Lipinski definition) is 5. The average molecular weight is 381 g/mol. The van der Waals surface area contributed by atoms with Gasteiger partial charge in [-0.3, -0.25) is 0 Å². The number of hydrogen-bond donors (Lipinski definition) is 0. The molecular weight excluding hydrogens is 361 g/mol. The number of methoxy groups -OCH3 is 2. The maximum Gasteiger partial charge on any atom is 0.243 e. The minimum Gasteiger partial charge on any atom is -0.493 e. The molecule has 8 heteroatoms. The maximum atomic E-state index is 13.1. The predicted octanol–water partition coefficient (Wildman–Crippen LogP) is 2.43. The van der Waals surface area contributed by atoms with E-state index in [-0.39, 0.29) is 36.5 Å². The van der Waals surface area contributed by atoms with Crippen molar-refractivity contribution in [1.82, 2.24) is 4.31 Å². The molecular formula is C18H20FNO5S. The van der Waals surface area contributed by atoms with Crippen molar-refractivity contribution in [3.8, 4) is 11.5 Å². The highest BCUT2D eigenvalue weighted by Crippen LogP contribution is 2.32. The van der Waals surface area contributed by atoms with E-state index in [0.29, 0.717) is 17.1 Å². The van der Waals surface area contributed by atoms with E-state index in [1.165, 1.54) is 42.8 Å².